The molecule has 3 aromatic carbocycles. The molecule has 2 aliphatic heterocycles. The maximum absolute atomic E-state index is 15.2. The first-order chi connectivity index (χ1) is 23.2. The summed E-state index contributed by atoms with van der Waals surface area (Å²) in [4.78, 5) is 60.2. The van der Waals surface area contributed by atoms with E-state index in [-0.39, 0.29) is 30.5 Å². The number of aromatic hydroxyl groups is 1. The molecule has 6 unspecified atom stereocenters. The monoisotopic (exact) mass is 721 g/mol. The lowest BCUT2D eigenvalue weighted by atomic mass is 9.49. The average molecular weight is 723 g/mol. The Morgan fingerprint density at radius 3 is 2.42 bits per heavy atom. The quantitative estimate of drug-likeness (QED) is 0.169. The van der Waals surface area contributed by atoms with Crippen LogP contribution in [0.1, 0.15) is 40.3 Å². The predicted molar refractivity (Wildman–Crippen MR) is 184 cm³/mol. The Labute approximate surface area is 290 Å². The van der Waals surface area contributed by atoms with Crippen LogP contribution in [-0.4, -0.2) is 38.6 Å². The molecule has 2 N–H and O–H groups in total. The smallest absolute Gasteiger partial charge is 0.260 e. The summed E-state index contributed by atoms with van der Waals surface area (Å²) < 4.78 is 0.701. The second-order valence-electron chi connectivity index (χ2n) is 13.1. The van der Waals surface area contributed by atoms with Crippen molar-refractivity contribution in [3.8, 4) is 5.75 Å². The SMILES string of the molecule is Cc1ccc(NN2C(=O)C3CC4C(=CCC5C(=O)N(Cc6cccs6)C(=O)C54)C(c4cc(Br)ccc4O)C3(c3ccccc3)C2=O)cc1. The first-order valence-electron chi connectivity index (χ1n) is 16.0. The number of hydrogen-bond acceptors (Lipinski definition) is 7. The molecule has 48 heavy (non-hydrogen) atoms. The minimum Gasteiger partial charge on any atom is -0.508 e. The van der Waals surface area contributed by atoms with E-state index in [1.165, 1.54) is 16.2 Å². The number of carbonyl (C=O) groups is 4. The van der Waals surface area contributed by atoms with Gasteiger partial charge >= 0.3 is 0 Å². The van der Waals surface area contributed by atoms with E-state index in [1.807, 2.05) is 85.1 Å². The van der Waals surface area contributed by atoms with E-state index in [2.05, 4.69) is 21.4 Å². The van der Waals surface area contributed by atoms with Gasteiger partial charge in [0.25, 0.3) is 11.8 Å². The predicted octanol–water partition coefficient (Wildman–Crippen LogP) is 6.71. The van der Waals surface area contributed by atoms with Gasteiger partial charge in [-0.25, -0.2) is 0 Å². The molecule has 2 aliphatic carbocycles. The van der Waals surface area contributed by atoms with Crippen LogP contribution in [0, 0.1) is 30.6 Å². The fourth-order valence-electron chi connectivity index (χ4n) is 8.63. The molecule has 10 heteroatoms. The third-order valence-corrected chi connectivity index (χ3v) is 12.0. The van der Waals surface area contributed by atoms with Crippen LogP contribution in [0.25, 0.3) is 0 Å². The first kappa shape index (κ1) is 30.8. The number of halogens is 1. The highest BCUT2D eigenvalue weighted by Crippen LogP contribution is 2.65. The maximum Gasteiger partial charge on any atom is 0.260 e. The number of nitrogens with one attached hydrogen (secondary N) is 1. The minimum absolute atomic E-state index is 0.0146. The Morgan fingerprint density at radius 2 is 1.69 bits per heavy atom. The zero-order valence-corrected chi connectivity index (χ0v) is 28.4. The number of amides is 4. The lowest BCUT2D eigenvalue weighted by molar-refractivity contribution is -0.141. The summed E-state index contributed by atoms with van der Waals surface area (Å²) in [6.45, 7) is 2.17. The molecular weight excluding hydrogens is 690 g/mol. The highest BCUT2D eigenvalue weighted by molar-refractivity contribution is 9.10. The molecule has 0 spiro atoms. The summed E-state index contributed by atoms with van der Waals surface area (Å²) in [5.74, 6) is -4.70. The number of allylic oxidation sites excluding steroid dienone is 2. The van der Waals surface area contributed by atoms with Gasteiger partial charge in [0.15, 0.2) is 0 Å². The number of rotatable bonds is 6. The van der Waals surface area contributed by atoms with E-state index in [9.17, 15) is 19.5 Å². The highest BCUT2D eigenvalue weighted by atomic mass is 79.9. The molecule has 8 nitrogen and oxygen atoms in total. The molecule has 1 saturated carbocycles. The van der Waals surface area contributed by atoms with Crippen molar-refractivity contribution in [2.45, 2.75) is 37.6 Å². The number of phenolic OH excluding ortho intramolecular Hbond substituents is 1. The number of carbonyl (C=O) groups excluding carboxylic acids is 4. The minimum atomic E-state index is -1.44. The van der Waals surface area contributed by atoms with Crippen molar-refractivity contribution in [2.75, 3.05) is 5.43 Å². The van der Waals surface area contributed by atoms with E-state index in [0.29, 0.717) is 27.7 Å². The number of benzene rings is 3. The molecule has 4 amide bonds. The van der Waals surface area contributed by atoms with Crippen molar-refractivity contribution in [3.05, 3.63) is 128 Å². The highest BCUT2D eigenvalue weighted by Gasteiger charge is 2.70. The Balaban J connectivity index is 1.31. The molecule has 1 aromatic heterocycles. The van der Waals surface area contributed by atoms with Gasteiger partial charge in [-0.1, -0.05) is 81.7 Å². The van der Waals surface area contributed by atoms with E-state index in [0.717, 1.165) is 21.0 Å². The van der Waals surface area contributed by atoms with Crippen LogP contribution in [0.5, 0.6) is 5.75 Å². The summed E-state index contributed by atoms with van der Waals surface area (Å²) in [5.41, 5.74) is 5.24. The van der Waals surface area contributed by atoms with Crippen LogP contribution in [0.2, 0.25) is 0 Å². The molecule has 3 fully saturated rings. The van der Waals surface area contributed by atoms with Gasteiger partial charge in [-0.05, 0) is 73.0 Å². The zero-order valence-electron chi connectivity index (χ0n) is 26.0. The molecule has 4 aliphatic rings. The van der Waals surface area contributed by atoms with Crippen molar-refractivity contribution in [2.24, 2.45) is 23.7 Å². The summed E-state index contributed by atoms with van der Waals surface area (Å²) in [7, 11) is 0. The fraction of sp³-hybridized carbons (Fsp3) is 0.263. The van der Waals surface area contributed by atoms with Gasteiger partial charge in [0, 0.05) is 20.8 Å². The normalized spacial score (nSPS) is 27.9. The molecule has 8 rings (SSSR count). The summed E-state index contributed by atoms with van der Waals surface area (Å²) in [5, 5.41) is 14.6. The molecule has 242 valence electrons. The Kier molecular flexibility index (Phi) is 7.41. The third kappa shape index (κ3) is 4.53. The van der Waals surface area contributed by atoms with Crippen molar-refractivity contribution in [3.63, 3.8) is 0 Å². The number of nitrogens with zero attached hydrogens (tertiary/aromatic N) is 2. The summed E-state index contributed by atoms with van der Waals surface area (Å²) >= 11 is 5.07. The number of likely N-dealkylation sites (tertiary alicyclic amines) is 1. The molecule has 4 aromatic rings. The van der Waals surface area contributed by atoms with Crippen LogP contribution >= 0.6 is 27.3 Å². The Bertz CT molecular complexity index is 2000. The first-order valence-corrected chi connectivity index (χ1v) is 17.7. The van der Waals surface area contributed by atoms with Gasteiger partial charge in [-0.2, -0.15) is 5.01 Å². The summed E-state index contributed by atoms with van der Waals surface area (Å²) in [6.07, 6.45) is 2.54. The van der Waals surface area contributed by atoms with E-state index < -0.39 is 46.8 Å². The van der Waals surface area contributed by atoms with Gasteiger partial charge in [-0.15, -0.1) is 11.3 Å². The number of thiophene rings is 1. The van der Waals surface area contributed by atoms with Gasteiger partial charge < -0.3 is 5.11 Å². The number of fused-ring (bicyclic) bond motifs is 4. The Morgan fingerprint density at radius 1 is 0.917 bits per heavy atom. The van der Waals surface area contributed by atoms with Crippen molar-refractivity contribution >= 4 is 56.6 Å². The lowest BCUT2D eigenvalue weighted by Gasteiger charge is -2.50. The lowest BCUT2D eigenvalue weighted by Crippen LogP contribution is -2.53. The molecule has 2 saturated heterocycles. The molecular formula is C38H32BrN3O5S. The zero-order chi connectivity index (χ0) is 33.3. The molecule has 0 bridgehead atoms. The van der Waals surface area contributed by atoms with E-state index in [1.54, 1.807) is 18.2 Å². The van der Waals surface area contributed by atoms with Crippen molar-refractivity contribution in [1.29, 1.82) is 0 Å². The van der Waals surface area contributed by atoms with Crippen molar-refractivity contribution in [1.82, 2.24) is 9.91 Å². The second kappa shape index (κ2) is 11.6. The summed E-state index contributed by atoms with van der Waals surface area (Å²) in [6, 6.07) is 25.7. The molecule has 3 heterocycles. The van der Waals surface area contributed by atoms with E-state index >= 15 is 4.79 Å². The maximum atomic E-state index is 15.2. The topological polar surface area (TPSA) is 107 Å². The van der Waals surface area contributed by atoms with E-state index in [4.69, 9.17) is 0 Å². The largest absolute Gasteiger partial charge is 0.508 e. The Hall–Kier alpha value is -4.54. The standard InChI is InChI=1S/C38H32BrN3O5S/c1-21-9-12-24(13-10-21)40-42-35(45)30-19-28-26(14-15-27-32(28)36(46)41(34(27)44)20-25-8-5-17-48-25)33(29-18-23(39)11-16-31(29)43)38(30,37(42)47)22-6-3-2-4-7-22/h2-14,16-18,27-28,30,32-33,40,43H,15,19-20H2,1H3. The van der Waals surface area contributed by atoms with Crippen LogP contribution < -0.4 is 5.43 Å². The molecule has 6 atom stereocenters. The second-order valence-corrected chi connectivity index (χ2v) is 15.1. The fourth-order valence-corrected chi connectivity index (χ4v) is 9.70. The number of aryl methyl sites for hydroxylation is 1. The average Bonchev–Trinajstić information content (AvgIpc) is 3.75. The van der Waals surface area contributed by atoms with Gasteiger partial charge in [-0.3, -0.25) is 29.5 Å². The number of hydrogen-bond donors (Lipinski definition) is 2. The van der Waals surface area contributed by atoms with Gasteiger partial charge in [0.1, 0.15) is 5.75 Å². The number of hydrazine groups is 1. The number of imide groups is 2. The van der Waals surface area contributed by atoms with Crippen LogP contribution in [0.4, 0.5) is 5.69 Å². The third-order valence-electron chi connectivity index (χ3n) is 10.7. The van der Waals surface area contributed by atoms with Gasteiger partial charge in [0.05, 0.1) is 35.4 Å². The number of phenols is 1. The van der Waals surface area contributed by atoms with Crippen LogP contribution in [0.3, 0.4) is 0 Å². The van der Waals surface area contributed by atoms with Gasteiger partial charge in [0.2, 0.25) is 11.8 Å². The van der Waals surface area contributed by atoms with Crippen molar-refractivity contribution < 1.29 is 24.3 Å². The van der Waals surface area contributed by atoms with Crippen LogP contribution in [0.15, 0.2) is 106 Å². The number of anilines is 1. The van der Waals surface area contributed by atoms with Crippen LogP contribution in [-0.2, 0) is 31.1 Å². The molecule has 0 radical (unpaired) electrons.